The van der Waals surface area contributed by atoms with Gasteiger partial charge in [0.15, 0.2) is 0 Å². The van der Waals surface area contributed by atoms with E-state index in [0.29, 0.717) is 6.42 Å². The molecular weight excluding hydrogens is 196 g/mol. The quantitative estimate of drug-likeness (QED) is 0.737. The van der Waals surface area contributed by atoms with Crippen molar-refractivity contribution in [2.75, 3.05) is 0 Å². The van der Waals surface area contributed by atoms with Gasteiger partial charge in [-0.2, -0.15) is 0 Å². The van der Waals surface area contributed by atoms with Crippen LogP contribution in [-0.4, -0.2) is 5.78 Å². The standard InChI is InChI=1S/C12H13ClO/c1-10(14)4-2-3-5-11-6-8-12(13)9-7-11/h3,5-9H,2,4H2,1H3/b5-3+. The highest BCUT2D eigenvalue weighted by molar-refractivity contribution is 6.30. The zero-order chi connectivity index (χ0) is 10.4. The van der Waals surface area contributed by atoms with Gasteiger partial charge in [0.1, 0.15) is 5.78 Å². The molecule has 0 unspecified atom stereocenters. The maximum atomic E-state index is 10.6. The average molecular weight is 209 g/mol. The van der Waals surface area contributed by atoms with Crippen LogP contribution in [0.4, 0.5) is 0 Å². The number of carbonyl (C=O) groups is 1. The van der Waals surface area contributed by atoms with E-state index in [0.717, 1.165) is 17.0 Å². The maximum Gasteiger partial charge on any atom is 0.130 e. The molecule has 0 amide bonds. The van der Waals surface area contributed by atoms with E-state index in [9.17, 15) is 4.79 Å². The molecule has 1 rings (SSSR count). The third-order valence-electron chi connectivity index (χ3n) is 1.84. The van der Waals surface area contributed by atoms with Crippen molar-refractivity contribution >= 4 is 23.5 Å². The summed E-state index contributed by atoms with van der Waals surface area (Å²) in [6.45, 7) is 1.61. The van der Waals surface area contributed by atoms with Crippen LogP contribution < -0.4 is 0 Å². The molecule has 14 heavy (non-hydrogen) atoms. The van der Waals surface area contributed by atoms with Gasteiger partial charge in [-0.3, -0.25) is 0 Å². The highest BCUT2D eigenvalue weighted by Gasteiger charge is 1.90. The largest absolute Gasteiger partial charge is 0.300 e. The predicted molar refractivity (Wildman–Crippen MR) is 60.4 cm³/mol. The van der Waals surface area contributed by atoms with E-state index in [1.807, 2.05) is 36.4 Å². The Balaban J connectivity index is 2.44. The lowest BCUT2D eigenvalue weighted by Gasteiger charge is -1.93. The average Bonchev–Trinajstić information content (AvgIpc) is 2.15. The Labute approximate surface area is 89.4 Å². The van der Waals surface area contributed by atoms with E-state index >= 15 is 0 Å². The van der Waals surface area contributed by atoms with Crippen LogP contribution in [0.15, 0.2) is 30.3 Å². The number of halogens is 1. The summed E-state index contributed by atoms with van der Waals surface area (Å²) in [6.07, 6.45) is 5.42. The van der Waals surface area contributed by atoms with E-state index in [1.54, 1.807) is 6.92 Å². The summed E-state index contributed by atoms with van der Waals surface area (Å²) in [5.41, 5.74) is 1.11. The Morgan fingerprint density at radius 1 is 1.36 bits per heavy atom. The smallest absolute Gasteiger partial charge is 0.130 e. The fraction of sp³-hybridized carbons (Fsp3) is 0.250. The van der Waals surface area contributed by atoms with Gasteiger partial charge >= 0.3 is 0 Å². The van der Waals surface area contributed by atoms with Gasteiger partial charge < -0.3 is 4.79 Å². The van der Waals surface area contributed by atoms with Gasteiger partial charge in [0.2, 0.25) is 0 Å². The van der Waals surface area contributed by atoms with E-state index in [2.05, 4.69) is 0 Å². The first kappa shape index (κ1) is 11.0. The highest BCUT2D eigenvalue weighted by atomic mass is 35.5. The molecule has 0 aliphatic rings. The summed E-state index contributed by atoms with van der Waals surface area (Å²) >= 11 is 5.75. The molecule has 0 N–H and O–H groups in total. The number of Topliss-reactive ketones (excluding diaryl/α,β-unsaturated/α-hetero) is 1. The Kier molecular flexibility index (Phi) is 4.41. The summed E-state index contributed by atoms with van der Waals surface area (Å²) in [7, 11) is 0. The third kappa shape index (κ3) is 4.24. The van der Waals surface area contributed by atoms with Crippen molar-refractivity contribution in [3.8, 4) is 0 Å². The van der Waals surface area contributed by atoms with Gasteiger partial charge in [-0.15, -0.1) is 0 Å². The molecule has 0 spiro atoms. The van der Waals surface area contributed by atoms with Crippen LogP contribution >= 0.6 is 11.6 Å². The SMILES string of the molecule is CC(=O)CC/C=C/c1ccc(Cl)cc1. The zero-order valence-electron chi connectivity index (χ0n) is 8.16. The highest BCUT2D eigenvalue weighted by Crippen LogP contribution is 2.10. The second-order valence-electron chi connectivity index (χ2n) is 3.19. The molecule has 0 heterocycles. The van der Waals surface area contributed by atoms with Crippen molar-refractivity contribution in [2.24, 2.45) is 0 Å². The minimum Gasteiger partial charge on any atom is -0.300 e. The van der Waals surface area contributed by atoms with E-state index in [-0.39, 0.29) is 5.78 Å². The zero-order valence-corrected chi connectivity index (χ0v) is 8.92. The van der Waals surface area contributed by atoms with Crippen LogP contribution in [0.3, 0.4) is 0 Å². The van der Waals surface area contributed by atoms with Crippen molar-refractivity contribution in [1.29, 1.82) is 0 Å². The number of ketones is 1. The Morgan fingerprint density at radius 3 is 2.57 bits per heavy atom. The van der Waals surface area contributed by atoms with Crippen molar-refractivity contribution in [3.05, 3.63) is 40.9 Å². The van der Waals surface area contributed by atoms with Crippen LogP contribution in [0.1, 0.15) is 25.3 Å². The lowest BCUT2D eigenvalue weighted by atomic mass is 10.1. The first-order valence-electron chi connectivity index (χ1n) is 4.60. The van der Waals surface area contributed by atoms with Crippen molar-refractivity contribution in [1.82, 2.24) is 0 Å². The monoisotopic (exact) mass is 208 g/mol. The van der Waals surface area contributed by atoms with Gasteiger partial charge in [-0.1, -0.05) is 35.9 Å². The van der Waals surface area contributed by atoms with Crippen LogP contribution in [0.25, 0.3) is 6.08 Å². The fourth-order valence-electron chi connectivity index (χ4n) is 1.08. The number of rotatable bonds is 4. The van der Waals surface area contributed by atoms with E-state index in [1.165, 1.54) is 0 Å². The Bertz CT molecular complexity index is 325. The van der Waals surface area contributed by atoms with E-state index < -0.39 is 0 Å². The van der Waals surface area contributed by atoms with Gasteiger partial charge in [-0.25, -0.2) is 0 Å². The maximum absolute atomic E-state index is 10.6. The molecule has 74 valence electrons. The molecule has 0 aromatic heterocycles. The van der Waals surface area contributed by atoms with Crippen molar-refractivity contribution in [2.45, 2.75) is 19.8 Å². The van der Waals surface area contributed by atoms with Gasteiger partial charge in [0.05, 0.1) is 0 Å². The summed E-state index contributed by atoms with van der Waals surface area (Å²) in [6, 6.07) is 7.61. The van der Waals surface area contributed by atoms with E-state index in [4.69, 9.17) is 11.6 Å². The normalized spacial score (nSPS) is 10.7. The fourth-order valence-corrected chi connectivity index (χ4v) is 1.21. The predicted octanol–water partition coefficient (Wildman–Crippen LogP) is 3.72. The Morgan fingerprint density at radius 2 is 2.00 bits per heavy atom. The second kappa shape index (κ2) is 5.61. The molecule has 0 saturated carbocycles. The topological polar surface area (TPSA) is 17.1 Å². The summed E-state index contributed by atoms with van der Waals surface area (Å²) < 4.78 is 0. The molecule has 0 fully saturated rings. The Hall–Kier alpha value is -1.08. The van der Waals surface area contributed by atoms with Crippen LogP contribution in [0.2, 0.25) is 5.02 Å². The molecule has 0 aliphatic heterocycles. The second-order valence-corrected chi connectivity index (χ2v) is 3.63. The van der Waals surface area contributed by atoms with Crippen LogP contribution in [-0.2, 0) is 4.79 Å². The number of benzene rings is 1. The molecule has 0 saturated heterocycles. The minimum absolute atomic E-state index is 0.228. The summed E-state index contributed by atoms with van der Waals surface area (Å²) in [5, 5.41) is 0.742. The molecule has 1 nitrogen and oxygen atoms in total. The summed E-state index contributed by atoms with van der Waals surface area (Å²) in [5.74, 6) is 0.228. The molecule has 0 aliphatic carbocycles. The number of allylic oxidation sites excluding steroid dienone is 1. The van der Waals surface area contributed by atoms with Crippen LogP contribution in [0.5, 0.6) is 0 Å². The lowest BCUT2D eigenvalue weighted by molar-refractivity contribution is -0.116. The number of hydrogen-bond donors (Lipinski definition) is 0. The molecular formula is C12H13ClO. The van der Waals surface area contributed by atoms with Crippen molar-refractivity contribution in [3.63, 3.8) is 0 Å². The molecule has 1 aromatic rings. The molecule has 0 radical (unpaired) electrons. The third-order valence-corrected chi connectivity index (χ3v) is 2.10. The minimum atomic E-state index is 0.228. The van der Waals surface area contributed by atoms with Gasteiger partial charge in [0, 0.05) is 11.4 Å². The number of carbonyl (C=O) groups excluding carboxylic acids is 1. The van der Waals surface area contributed by atoms with Gasteiger partial charge in [0.25, 0.3) is 0 Å². The molecule has 0 atom stereocenters. The molecule has 1 aromatic carbocycles. The van der Waals surface area contributed by atoms with Crippen LogP contribution in [0, 0.1) is 0 Å². The first-order chi connectivity index (χ1) is 6.68. The first-order valence-corrected chi connectivity index (χ1v) is 4.98. The lowest BCUT2D eigenvalue weighted by Crippen LogP contribution is -1.86. The van der Waals surface area contributed by atoms with Gasteiger partial charge in [-0.05, 0) is 31.0 Å². The summed E-state index contributed by atoms with van der Waals surface area (Å²) in [4.78, 5) is 10.6. The van der Waals surface area contributed by atoms with Crippen molar-refractivity contribution < 1.29 is 4.79 Å². The molecule has 0 bridgehead atoms. The number of hydrogen-bond acceptors (Lipinski definition) is 1. The molecule has 2 heteroatoms.